The second-order valence-corrected chi connectivity index (χ2v) is 8.44. The Bertz CT molecular complexity index is 1300. The lowest BCUT2D eigenvalue weighted by molar-refractivity contribution is 0.0745. The molecule has 0 bridgehead atoms. The molecule has 1 amide bonds. The molecule has 0 aliphatic carbocycles. The van der Waals surface area contributed by atoms with Crippen molar-refractivity contribution >= 4 is 5.91 Å². The highest BCUT2D eigenvalue weighted by Crippen LogP contribution is 2.44. The molecule has 1 atom stereocenters. The molecule has 1 aliphatic rings. The summed E-state index contributed by atoms with van der Waals surface area (Å²) in [4.78, 5) is 15.4. The van der Waals surface area contributed by atoms with Crippen molar-refractivity contribution in [1.82, 2.24) is 15.1 Å². The van der Waals surface area contributed by atoms with E-state index in [4.69, 9.17) is 4.74 Å². The van der Waals surface area contributed by atoms with Gasteiger partial charge >= 0.3 is 0 Å². The Labute approximate surface area is 198 Å². The standard InChI is InChI=1S/C28H27N3O3/c1-2-17-34-21-12-8-11-20(18-21)27-24-25(22-13-6-7-14-23(22)32)29-30-26(24)28(33)31(27)16-15-19-9-4-3-5-10-19/h3-14,18,27,32H,2,15-17H2,1H3,(H,29,30)/t27-/m1/s1. The average Bonchev–Trinajstić information content (AvgIpc) is 3.41. The number of para-hydroxylation sites is 1. The number of carbonyl (C=O) groups excluding carboxylic acids is 1. The number of nitrogens with zero attached hydrogens (tertiary/aromatic N) is 2. The third-order valence-corrected chi connectivity index (χ3v) is 6.15. The van der Waals surface area contributed by atoms with Crippen molar-refractivity contribution in [3.8, 4) is 22.8 Å². The Hall–Kier alpha value is -4.06. The molecule has 3 aromatic carbocycles. The molecular formula is C28H27N3O3. The summed E-state index contributed by atoms with van der Waals surface area (Å²) in [5, 5.41) is 17.9. The van der Waals surface area contributed by atoms with Crippen molar-refractivity contribution < 1.29 is 14.6 Å². The third-order valence-electron chi connectivity index (χ3n) is 6.15. The largest absolute Gasteiger partial charge is 0.507 e. The van der Waals surface area contributed by atoms with Gasteiger partial charge in [0.1, 0.15) is 22.9 Å². The number of aromatic nitrogens is 2. The Morgan fingerprint density at radius 3 is 2.62 bits per heavy atom. The summed E-state index contributed by atoms with van der Waals surface area (Å²) < 4.78 is 5.88. The number of aromatic hydroxyl groups is 1. The van der Waals surface area contributed by atoms with Gasteiger partial charge in [0.25, 0.3) is 5.91 Å². The Morgan fingerprint density at radius 1 is 1.03 bits per heavy atom. The first-order valence-electron chi connectivity index (χ1n) is 11.6. The number of phenolic OH excluding ortho intramolecular Hbond substituents is 1. The monoisotopic (exact) mass is 453 g/mol. The summed E-state index contributed by atoms with van der Waals surface area (Å²) in [6.07, 6.45) is 1.65. The number of benzene rings is 3. The molecule has 6 nitrogen and oxygen atoms in total. The minimum absolute atomic E-state index is 0.0926. The maximum Gasteiger partial charge on any atom is 0.273 e. The molecule has 1 aromatic heterocycles. The van der Waals surface area contributed by atoms with Gasteiger partial charge in [-0.2, -0.15) is 5.10 Å². The van der Waals surface area contributed by atoms with Crippen LogP contribution in [0.2, 0.25) is 0 Å². The Kier molecular flexibility index (Phi) is 6.04. The van der Waals surface area contributed by atoms with Gasteiger partial charge in [0.15, 0.2) is 0 Å². The number of ether oxygens (including phenoxy) is 1. The van der Waals surface area contributed by atoms with Gasteiger partial charge in [-0.1, -0.05) is 61.5 Å². The third kappa shape index (κ3) is 4.03. The molecule has 0 spiro atoms. The van der Waals surface area contributed by atoms with Crippen LogP contribution in [-0.4, -0.2) is 39.3 Å². The molecule has 5 rings (SSSR count). The number of phenols is 1. The SMILES string of the molecule is CCCOc1cccc([C@@H]2c3c(-c4ccccc4O)n[nH]c3C(=O)N2CCc2ccccc2)c1. The van der Waals surface area contributed by atoms with E-state index in [1.54, 1.807) is 12.1 Å². The van der Waals surface area contributed by atoms with E-state index in [2.05, 4.69) is 29.3 Å². The molecule has 4 aromatic rings. The van der Waals surface area contributed by atoms with Gasteiger partial charge < -0.3 is 14.7 Å². The summed E-state index contributed by atoms with van der Waals surface area (Å²) in [6, 6.07) is 24.8. The Morgan fingerprint density at radius 2 is 1.82 bits per heavy atom. The fourth-order valence-corrected chi connectivity index (χ4v) is 4.54. The fourth-order valence-electron chi connectivity index (χ4n) is 4.54. The van der Waals surface area contributed by atoms with Crippen molar-refractivity contribution in [3.05, 3.63) is 101 Å². The summed E-state index contributed by atoms with van der Waals surface area (Å²) in [7, 11) is 0. The smallest absolute Gasteiger partial charge is 0.273 e. The van der Waals surface area contributed by atoms with E-state index in [9.17, 15) is 9.90 Å². The van der Waals surface area contributed by atoms with Crippen LogP contribution in [0.1, 0.15) is 46.6 Å². The van der Waals surface area contributed by atoms with Crippen molar-refractivity contribution in [2.45, 2.75) is 25.8 Å². The second kappa shape index (κ2) is 9.43. The van der Waals surface area contributed by atoms with E-state index >= 15 is 0 Å². The number of rotatable bonds is 8. The molecule has 0 unspecified atom stereocenters. The van der Waals surface area contributed by atoms with Gasteiger partial charge in [0.05, 0.1) is 12.6 Å². The zero-order valence-corrected chi connectivity index (χ0v) is 19.1. The van der Waals surface area contributed by atoms with Gasteiger partial charge in [0.2, 0.25) is 0 Å². The molecule has 172 valence electrons. The number of hydrogen-bond donors (Lipinski definition) is 2. The summed E-state index contributed by atoms with van der Waals surface area (Å²) in [6.45, 7) is 3.25. The molecule has 34 heavy (non-hydrogen) atoms. The normalized spacial score (nSPS) is 14.9. The fraction of sp³-hybridized carbons (Fsp3) is 0.214. The van der Waals surface area contributed by atoms with Gasteiger partial charge in [-0.15, -0.1) is 0 Å². The van der Waals surface area contributed by atoms with Gasteiger partial charge in [-0.25, -0.2) is 0 Å². The quantitative estimate of drug-likeness (QED) is 0.377. The van der Waals surface area contributed by atoms with E-state index in [-0.39, 0.29) is 17.7 Å². The number of aromatic amines is 1. The highest BCUT2D eigenvalue weighted by Gasteiger charge is 2.42. The van der Waals surface area contributed by atoms with Gasteiger partial charge in [-0.05, 0) is 48.2 Å². The first-order valence-corrected chi connectivity index (χ1v) is 11.6. The second-order valence-electron chi connectivity index (χ2n) is 8.44. The van der Waals surface area contributed by atoms with E-state index in [1.165, 1.54) is 5.56 Å². The van der Waals surface area contributed by atoms with Gasteiger partial charge in [0, 0.05) is 17.7 Å². The van der Waals surface area contributed by atoms with Crippen LogP contribution in [0.25, 0.3) is 11.3 Å². The van der Waals surface area contributed by atoms with Crippen LogP contribution >= 0.6 is 0 Å². The zero-order chi connectivity index (χ0) is 23.5. The van der Waals surface area contributed by atoms with Gasteiger partial charge in [-0.3, -0.25) is 9.89 Å². The topological polar surface area (TPSA) is 78.5 Å². The first-order chi connectivity index (χ1) is 16.7. The summed E-state index contributed by atoms with van der Waals surface area (Å²) in [5.74, 6) is 0.812. The minimum Gasteiger partial charge on any atom is -0.507 e. The van der Waals surface area contributed by atoms with Crippen LogP contribution in [0.3, 0.4) is 0 Å². The Balaban J connectivity index is 1.58. The summed E-state index contributed by atoms with van der Waals surface area (Å²) in [5.41, 5.74) is 4.56. The van der Waals surface area contributed by atoms with Crippen molar-refractivity contribution in [3.63, 3.8) is 0 Å². The molecular weight excluding hydrogens is 426 g/mol. The maximum absolute atomic E-state index is 13.5. The molecule has 0 saturated heterocycles. The number of carbonyl (C=O) groups is 1. The number of nitrogens with one attached hydrogen (secondary N) is 1. The molecule has 2 N–H and O–H groups in total. The molecule has 0 fully saturated rings. The summed E-state index contributed by atoms with van der Waals surface area (Å²) >= 11 is 0. The van der Waals surface area contributed by atoms with Crippen LogP contribution in [0.4, 0.5) is 0 Å². The number of amides is 1. The van der Waals surface area contributed by atoms with Crippen molar-refractivity contribution in [2.24, 2.45) is 0 Å². The number of fused-ring (bicyclic) bond motifs is 1. The van der Waals surface area contributed by atoms with E-state index in [1.807, 2.05) is 59.5 Å². The van der Waals surface area contributed by atoms with Crippen LogP contribution in [0, 0.1) is 0 Å². The van der Waals surface area contributed by atoms with Crippen LogP contribution in [0.15, 0.2) is 78.9 Å². The van der Waals surface area contributed by atoms with Crippen LogP contribution in [0.5, 0.6) is 11.5 Å². The molecule has 0 saturated carbocycles. The van der Waals surface area contributed by atoms with E-state index in [0.717, 1.165) is 29.7 Å². The highest BCUT2D eigenvalue weighted by molar-refractivity contribution is 6.00. The lowest BCUT2D eigenvalue weighted by Gasteiger charge is -2.27. The predicted octanol–water partition coefficient (Wildman–Crippen LogP) is 5.36. The molecule has 0 radical (unpaired) electrons. The maximum atomic E-state index is 13.5. The van der Waals surface area contributed by atoms with Crippen LogP contribution in [-0.2, 0) is 6.42 Å². The lowest BCUT2D eigenvalue weighted by Crippen LogP contribution is -2.31. The molecule has 6 heteroatoms. The van der Waals surface area contributed by atoms with Crippen molar-refractivity contribution in [1.29, 1.82) is 0 Å². The molecule has 2 heterocycles. The minimum atomic E-state index is -0.343. The highest BCUT2D eigenvalue weighted by atomic mass is 16.5. The molecule has 1 aliphatic heterocycles. The lowest BCUT2D eigenvalue weighted by atomic mass is 9.95. The first kappa shape index (κ1) is 21.8. The number of hydrogen-bond acceptors (Lipinski definition) is 4. The average molecular weight is 454 g/mol. The number of H-pyrrole nitrogens is 1. The zero-order valence-electron chi connectivity index (χ0n) is 19.1. The van der Waals surface area contributed by atoms with Crippen LogP contribution < -0.4 is 4.74 Å². The predicted molar refractivity (Wildman–Crippen MR) is 131 cm³/mol. The van der Waals surface area contributed by atoms with E-state index < -0.39 is 0 Å². The van der Waals surface area contributed by atoms with E-state index in [0.29, 0.717) is 30.1 Å². The van der Waals surface area contributed by atoms with Crippen molar-refractivity contribution in [2.75, 3.05) is 13.2 Å².